The highest BCUT2D eigenvalue weighted by Gasteiger charge is 2.16. The summed E-state index contributed by atoms with van der Waals surface area (Å²) in [7, 11) is 0. The van der Waals surface area contributed by atoms with E-state index in [1.807, 2.05) is 18.2 Å². The van der Waals surface area contributed by atoms with Crippen molar-refractivity contribution in [2.75, 3.05) is 19.6 Å². The molecule has 4 nitrogen and oxygen atoms in total. The number of amides is 1. The van der Waals surface area contributed by atoms with Crippen LogP contribution in [0.1, 0.15) is 44.3 Å². The zero-order valence-electron chi connectivity index (χ0n) is 12.5. The first-order valence-electron chi connectivity index (χ1n) is 7.79. The van der Waals surface area contributed by atoms with Crippen LogP contribution in [0, 0.1) is 0 Å². The Labute approximate surface area is 124 Å². The van der Waals surface area contributed by atoms with Crippen LogP contribution in [0.5, 0.6) is 0 Å². The minimum atomic E-state index is -0.483. The SMILES string of the molecule is CC1=c2ccc(C(O)CCN3CCCCC3)cc2=NC1=O. The van der Waals surface area contributed by atoms with E-state index >= 15 is 0 Å². The normalized spacial score (nSPS) is 20.3. The van der Waals surface area contributed by atoms with Gasteiger partial charge in [-0.05, 0) is 50.9 Å². The van der Waals surface area contributed by atoms with Crippen LogP contribution in [0.4, 0.5) is 0 Å². The number of fused-ring (bicyclic) bond motifs is 1. The first-order chi connectivity index (χ1) is 10.1. The number of aliphatic hydroxyl groups is 1. The molecule has 0 saturated carbocycles. The van der Waals surface area contributed by atoms with Gasteiger partial charge in [0, 0.05) is 17.3 Å². The Hall–Kier alpha value is -1.52. The standard InChI is InChI=1S/C17H22N2O2/c1-12-14-6-5-13(11-15(14)18-17(12)21)16(20)7-10-19-8-3-2-4-9-19/h5-6,11,16,20H,2-4,7-10H2,1H3. The molecule has 3 rings (SSSR count). The largest absolute Gasteiger partial charge is 0.388 e. The van der Waals surface area contributed by atoms with Crippen LogP contribution in [0.3, 0.4) is 0 Å². The summed E-state index contributed by atoms with van der Waals surface area (Å²) in [6.07, 6.45) is 4.12. The molecule has 1 aromatic carbocycles. The molecule has 1 unspecified atom stereocenters. The Morgan fingerprint density at radius 3 is 2.81 bits per heavy atom. The zero-order chi connectivity index (χ0) is 14.8. The molecule has 0 radical (unpaired) electrons. The molecule has 0 spiro atoms. The fraction of sp³-hybridized carbons (Fsp3) is 0.529. The maximum atomic E-state index is 11.6. The number of hydrogen-bond acceptors (Lipinski definition) is 3. The molecule has 0 bridgehead atoms. The summed E-state index contributed by atoms with van der Waals surface area (Å²) < 4.78 is 0. The second kappa shape index (κ2) is 6.08. The summed E-state index contributed by atoms with van der Waals surface area (Å²) in [5, 5.41) is 12.0. The van der Waals surface area contributed by atoms with Crippen molar-refractivity contribution in [2.45, 2.75) is 38.7 Å². The third kappa shape index (κ3) is 3.06. The Balaban J connectivity index is 1.69. The second-order valence-corrected chi connectivity index (χ2v) is 6.03. The molecule has 4 heteroatoms. The van der Waals surface area contributed by atoms with Gasteiger partial charge < -0.3 is 10.0 Å². The highest BCUT2D eigenvalue weighted by atomic mass is 16.3. The Kier molecular flexibility index (Phi) is 4.17. The summed E-state index contributed by atoms with van der Waals surface area (Å²) in [6.45, 7) is 5.02. The maximum Gasteiger partial charge on any atom is 0.273 e. The average molecular weight is 286 g/mol. The smallest absolute Gasteiger partial charge is 0.273 e. The lowest BCUT2D eigenvalue weighted by molar-refractivity contribution is -0.112. The van der Waals surface area contributed by atoms with Gasteiger partial charge in [-0.3, -0.25) is 4.79 Å². The van der Waals surface area contributed by atoms with Crippen molar-refractivity contribution in [3.63, 3.8) is 0 Å². The highest BCUT2D eigenvalue weighted by Crippen LogP contribution is 2.17. The molecule has 1 aromatic rings. The van der Waals surface area contributed by atoms with Crippen LogP contribution in [-0.4, -0.2) is 35.5 Å². The van der Waals surface area contributed by atoms with Crippen LogP contribution < -0.4 is 10.6 Å². The number of carbonyl (C=O) groups excluding carboxylic acids is 1. The molecule has 1 fully saturated rings. The van der Waals surface area contributed by atoms with Gasteiger partial charge >= 0.3 is 0 Å². The summed E-state index contributed by atoms with van der Waals surface area (Å²) in [5.74, 6) is -0.162. The van der Waals surface area contributed by atoms with Gasteiger partial charge in [0.2, 0.25) is 0 Å². The number of aliphatic hydroxyl groups excluding tert-OH is 1. The fourth-order valence-corrected chi connectivity index (χ4v) is 3.13. The number of benzene rings is 1. The number of piperidine rings is 1. The van der Waals surface area contributed by atoms with E-state index in [1.54, 1.807) is 6.92 Å². The number of nitrogens with zero attached hydrogens (tertiary/aromatic N) is 2. The molecule has 0 aromatic heterocycles. The van der Waals surface area contributed by atoms with Crippen molar-refractivity contribution < 1.29 is 9.90 Å². The third-order valence-electron chi connectivity index (χ3n) is 4.52. The van der Waals surface area contributed by atoms with E-state index in [0.717, 1.165) is 36.8 Å². The maximum absolute atomic E-state index is 11.6. The topological polar surface area (TPSA) is 52.9 Å². The van der Waals surface area contributed by atoms with E-state index in [0.29, 0.717) is 10.9 Å². The molecule has 2 heterocycles. The molecule has 2 aliphatic heterocycles. The first kappa shape index (κ1) is 14.4. The molecular weight excluding hydrogens is 264 g/mol. The van der Waals surface area contributed by atoms with E-state index in [9.17, 15) is 9.90 Å². The van der Waals surface area contributed by atoms with Gasteiger partial charge in [0.1, 0.15) is 0 Å². The Morgan fingerprint density at radius 1 is 1.29 bits per heavy atom. The van der Waals surface area contributed by atoms with Crippen LogP contribution in [0.25, 0.3) is 5.57 Å². The average Bonchev–Trinajstić information content (AvgIpc) is 2.80. The summed E-state index contributed by atoms with van der Waals surface area (Å²) >= 11 is 0. The van der Waals surface area contributed by atoms with Crippen LogP contribution >= 0.6 is 0 Å². The van der Waals surface area contributed by atoms with Crippen molar-refractivity contribution >= 4 is 11.5 Å². The van der Waals surface area contributed by atoms with E-state index in [4.69, 9.17) is 0 Å². The van der Waals surface area contributed by atoms with Crippen molar-refractivity contribution in [2.24, 2.45) is 4.99 Å². The molecule has 21 heavy (non-hydrogen) atoms. The van der Waals surface area contributed by atoms with Gasteiger partial charge in [-0.1, -0.05) is 18.6 Å². The minimum Gasteiger partial charge on any atom is -0.388 e. The lowest BCUT2D eigenvalue weighted by atomic mass is 10.0. The summed E-state index contributed by atoms with van der Waals surface area (Å²) in [4.78, 5) is 18.0. The first-order valence-corrected chi connectivity index (χ1v) is 7.79. The number of likely N-dealkylation sites (tertiary alicyclic amines) is 1. The van der Waals surface area contributed by atoms with Gasteiger partial charge in [0.15, 0.2) is 0 Å². The zero-order valence-corrected chi connectivity index (χ0v) is 12.5. The van der Waals surface area contributed by atoms with Gasteiger partial charge in [0.25, 0.3) is 5.91 Å². The van der Waals surface area contributed by atoms with Crippen molar-refractivity contribution in [1.82, 2.24) is 4.90 Å². The predicted molar refractivity (Wildman–Crippen MR) is 81.2 cm³/mol. The lowest BCUT2D eigenvalue weighted by Gasteiger charge is -2.27. The van der Waals surface area contributed by atoms with Gasteiger partial charge in [-0.2, -0.15) is 0 Å². The Morgan fingerprint density at radius 2 is 2.05 bits per heavy atom. The van der Waals surface area contributed by atoms with Crippen LogP contribution in [0.15, 0.2) is 23.2 Å². The third-order valence-corrected chi connectivity index (χ3v) is 4.52. The number of carbonyl (C=O) groups is 1. The van der Waals surface area contributed by atoms with Crippen molar-refractivity contribution in [3.05, 3.63) is 34.3 Å². The number of rotatable bonds is 4. The highest BCUT2D eigenvalue weighted by molar-refractivity contribution is 6.14. The van der Waals surface area contributed by atoms with E-state index < -0.39 is 6.10 Å². The van der Waals surface area contributed by atoms with E-state index in [-0.39, 0.29) is 5.91 Å². The monoisotopic (exact) mass is 286 g/mol. The summed E-state index contributed by atoms with van der Waals surface area (Å²) in [6, 6.07) is 5.67. The molecule has 0 aliphatic carbocycles. The summed E-state index contributed by atoms with van der Waals surface area (Å²) in [5.41, 5.74) is 1.55. The molecular formula is C17H22N2O2. The number of hydrogen-bond donors (Lipinski definition) is 1. The van der Waals surface area contributed by atoms with Gasteiger partial charge in [0.05, 0.1) is 11.5 Å². The van der Waals surface area contributed by atoms with Crippen molar-refractivity contribution in [1.29, 1.82) is 0 Å². The Bertz CT molecular complexity index is 660. The molecule has 1 atom stereocenters. The molecule has 1 N–H and O–H groups in total. The van der Waals surface area contributed by atoms with Crippen LogP contribution in [0.2, 0.25) is 0 Å². The van der Waals surface area contributed by atoms with Gasteiger partial charge in [-0.15, -0.1) is 0 Å². The fourth-order valence-electron chi connectivity index (χ4n) is 3.13. The molecule has 1 saturated heterocycles. The minimum absolute atomic E-state index is 0.162. The lowest BCUT2D eigenvalue weighted by Crippen LogP contribution is -2.31. The van der Waals surface area contributed by atoms with Gasteiger partial charge in [-0.25, -0.2) is 4.99 Å². The van der Waals surface area contributed by atoms with Crippen LogP contribution in [-0.2, 0) is 4.79 Å². The molecule has 2 aliphatic rings. The van der Waals surface area contributed by atoms with Crippen molar-refractivity contribution in [3.8, 4) is 0 Å². The second-order valence-electron chi connectivity index (χ2n) is 6.03. The molecule has 112 valence electrons. The predicted octanol–water partition coefficient (Wildman–Crippen LogP) is 0.926. The molecule has 1 amide bonds. The van der Waals surface area contributed by atoms with E-state index in [1.165, 1.54) is 19.3 Å². The quantitative estimate of drug-likeness (QED) is 0.896. The van der Waals surface area contributed by atoms with E-state index in [2.05, 4.69) is 9.89 Å².